The molecule has 0 radical (unpaired) electrons. The first-order valence-electron chi connectivity index (χ1n) is 12.4. The molecule has 0 spiro atoms. The summed E-state index contributed by atoms with van der Waals surface area (Å²) in [6.07, 6.45) is 0. The summed E-state index contributed by atoms with van der Waals surface area (Å²) < 4.78 is 16.5. The Hall–Kier alpha value is -4.30. The predicted molar refractivity (Wildman–Crippen MR) is 142 cm³/mol. The van der Waals surface area contributed by atoms with E-state index in [0.29, 0.717) is 30.1 Å². The summed E-state index contributed by atoms with van der Waals surface area (Å²) in [5.41, 5.74) is 3.03. The van der Waals surface area contributed by atoms with Gasteiger partial charge in [0.1, 0.15) is 18.1 Å². The summed E-state index contributed by atoms with van der Waals surface area (Å²) in [5, 5.41) is 21.4. The molecule has 0 aliphatic carbocycles. The molecule has 8 nitrogen and oxygen atoms in total. The van der Waals surface area contributed by atoms with Gasteiger partial charge in [-0.05, 0) is 66.9 Å². The van der Waals surface area contributed by atoms with Crippen LogP contribution in [0.5, 0.6) is 17.2 Å². The third-order valence-electron chi connectivity index (χ3n) is 6.46. The summed E-state index contributed by atoms with van der Waals surface area (Å²) in [4.78, 5) is 27.5. The minimum atomic E-state index is -0.887. The number of hydrogen-bond donors (Lipinski definition) is 2. The van der Waals surface area contributed by atoms with E-state index in [1.807, 2.05) is 31.2 Å². The molecular weight excluding hydrogens is 486 g/mol. The fraction of sp³-hybridized carbons (Fsp3) is 0.267. The van der Waals surface area contributed by atoms with Crippen molar-refractivity contribution in [2.45, 2.75) is 26.5 Å². The Labute approximate surface area is 221 Å². The summed E-state index contributed by atoms with van der Waals surface area (Å²) >= 11 is 0. The lowest BCUT2D eigenvalue weighted by Crippen LogP contribution is -2.32. The molecule has 2 N–H and O–H groups in total. The van der Waals surface area contributed by atoms with Crippen LogP contribution in [0.1, 0.15) is 35.2 Å². The van der Waals surface area contributed by atoms with Gasteiger partial charge in [-0.3, -0.25) is 9.59 Å². The fourth-order valence-electron chi connectivity index (χ4n) is 4.42. The van der Waals surface area contributed by atoms with Crippen LogP contribution >= 0.6 is 0 Å². The van der Waals surface area contributed by atoms with Crippen LogP contribution in [0.3, 0.4) is 0 Å². The molecule has 1 aliphatic rings. The van der Waals surface area contributed by atoms with Crippen molar-refractivity contribution in [1.82, 2.24) is 4.90 Å². The van der Waals surface area contributed by atoms with E-state index in [2.05, 4.69) is 0 Å². The number of rotatable bonds is 10. The summed E-state index contributed by atoms with van der Waals surface area (Å²) in [5.74, 6) is -1.08. The Morgan fingerprint density at radius 2 is 1.74 bits per heavy atom. The number of hydrogen-bond acceptors (Lipinski definition) is 7. The molecule has 3 aromatic carbocycles. The highest BCUT2D eigenvalue weighted by atomic mass is 16.5. The molecule has 1 unspecified atom stereocenters. The van der Waals surface area contributed by atoms with E-state index in [1.54, 1.807) is 43.3 Å². The number of Topliss-reactive ketones (excluding diaryl/α,β-unsaturated/α-hetero) is 1. The molecule has 3 aromatic rings. The number of aliphatic hydroxyl groups excluding tert-OH is 1. The SMILES string of the molecule is CCOc1cc(C2C(=C(O)c3ccc(OCc4ccccc4C)cc3)C(=O)C(=O)N2CCOC)ccc1O. The molecule has 38 heavy (non-hydrogen) atoms. The lowest BCUT2D eigenvalue weighted by atomic mass is 9.95. The Bertz CT molecular complexity index is 1350. The first-order valence-corrected chi connectivity index (χ1v) is 12.4. The molecule has 1 amide bonds. The van der Waals surface area contributed by atoms with E-state index in [9.17, 15) is 19.8 Å². The van der Waals surface area contributed by atoms with E-state index in [4.69, 9.17) is 14.2 Å². The number of carbonyl (C=O) groups excluding carboxylic acids is 2. The monoisotopic (exact) mass is 517 g/mol. The second-order valence-corrected chi connectivity index (χ2v) is 8.89. The second kappa shape index (κ2) is 11.8. The zero-order valence-electron chi connectivity index (χ0n) is 21.6. The smallest absolute Gasteiger partial charge is 0.295 e. The zero-order chi connectivity index (χ0) is 27.2. The Kier molecular flexibility index (Phi) is 8.33. The number of benzene rings is 3. The summed E-state index contributed by atoms with van der Waals surface area (Å²) in [6, 6.07) is 18.4. The van der Waals surface area contributed by atoms with Crippen molar-refractivity contribution in [2.24, 2.45) is 0 Å². The molecule has 198 valence electrons. The lowest BCUT2D eigenvalue weighted by molar-refractivity contribution is -0.140. The molecule has 1 aliphatic heterocycles. The van der Waals surface area contributed by atoms with Crippen molar-refractivity contribution in [3.8, 4) is 17.2 Å². The van der Waals surface area contributed by atoms with Crippen molar-refractivity contribution in [1.29, 1.82) is 0 Å². The number of phenolic OH excluding ortho intramolecular Hbond substituents is 1. The van der Waals surface area contributed by atoms with Gasteiger partial charge in [0.15, 0.2) is 11.5 Å². The number of ketones is 1. The number of nitrogens with zero attached hydrogens (tertiary/aromatic N) is 1. The average molecular weight is 518 g/mol. The molecule has 1 atom stereocenters. The normalized spacial score (nSPS) is 16.6. The third kappa shape index (κ3) is 5.50. The summed E-state index contributed by atoms with van der Waals surface area (Å²) in [6.45, 7) is 4.85. The summed E-state index contributed by atoms with van der Waals surface area (Å²) in [7, 11) is 1.50. The van der Waals surface area contributed by atoms with E-state index < -0.39 is 17.7 Å². The van der Waals surface area contributed by atoms with Crippen LogP contribution in [0.25, 0.3) is 5.76 Å². The van der Waals surface area contributed by atoms with Gasteiger partial charge in [-0.15, -0.1) is 0 Å². The van der Waals surface area contributed by atoms with Crippen LogP contribution in [-0.2, 0) is 20.9 Å². The first-order chi connectivity index (χ1) is 18.3. The van der Waals surface area contributed by atoms with Gasteiger partial charge in [0.05, 0.1) is 24.8 Å². The van der Waals surface area contributed by atoms with Crippen LogP contribution in [0.15, 0.2) is 72.3 Å². The van der Waals surface area contributed by atoms with Gasteiger partial charge >= 0.3 is 0 Å². The Morgan fingerprint density at radius 1 is 1.00 bits per heavy atom. The molecule has 1 saturated heterocycles. The Balaban J connectivity index is 1.68. The van der Waals surface area contributed by atoms with E-state index in [1.165, 1.54) is 18.1 Å². The number of aliphatic hydroxyl groups is 1. The topological polar surface area (TPSA) is 106 Å². The maximum Gasteiger partial charge on any atom is 0.295 e. The van der Waals surface area contributed by atoms with E-state index in [-0.39, 0.29) is 36.0 Å². The van der Waals surface area contributed by atoms with Crippen LogP contribution < -0.4 is 9.47 Å². The Morgan fingerprint density at radius 3 is 2.42 bits per heavy atom. The molecule has 4 rings (SSSR count). The zero-order valence-corrected chi connectivity index (χ0v) is 21.6. The van der Waals surface area contributed by atoms with Crippen LogP contribution in [0.4, 0.5) is 0 Å². The minimum Gasteiger partial charge on any atom is -0.507 e. The molecule has 1 fully saturated rings. The molecule has 0 aromatic heterocycles. The van der Waals surface area contributed by atoms with Crippen LogP contribution in [0, 0.1) is 6.92 Å². The van der Waals surface area contributed by atoms with Crippen molar-refractivity contribution < 1.29 is 34.0 Å². The number of methoxy groups -OCH3 is 1. The molecule has 1 heterocycles. The number of phenols is 1. The minimum absolute atomic E-state index is 0.0483. The van der Waals surface area contributed by atoms with Crippen molar-refractivity contribution in [2.75, 3.05) is 26.9 Å². The highest BCUT2D eigenvalue weighted by Gasteiger charge is 2.46. The van der Waals surface area contributed by atoms with Gasteiger partial charge < -0.3 is 29.3 Å². The standard InChI is InChI=1S/C30H31NO7/c1-4-37-25-17-21(11-14-24(25)32)27-26(29(34)30(35)31(27)15-16-36-3)28(33)20-9-12-23(13-10-20)38-18-22-8-6-5-7-19(22)2/h5-14,17,27,32-33H,4,15-16,18H2,1-3H3. The largest absolute Gasteiger partial charge is 0.507 e. The number of amides is 1. The molecule has 8 heteroatoms. The maximum atomic E-state index is 13.2. The highest BCUT2D eigenvalue weighted by molar-refractivity contribution is 6.46. The van der Waals surface area contributed by atoms with Gasteiger partial charge in [0.2, 0.25) is 0 Å². The molecular formula is C30H31NO7. The van der Waals surface area contributed by atoms with Crippen LogP contribution in [0.2, 0.25) is 0 Å². The van der Waals surface area contributed by atoms with Crippen molar-refractivity contribution in [3.63, 3.8) is 0 Å². The predicted octanol–water partition coefficient (Wildman–Crippen LogP) is 4.75. The number of aryl methyl sites for hydroxylation is 1. The van der Waals surface area contributed by atoms with Crippen molar-refractivity contribution >= 4 is 17.4 Å². The molecule has 0 bridgehead atoms. The van der Waals surface area contributed by atoms with Crippen LogP contribution in [-0.4, -0.2) is 53.7 Å². The van der Waals surface area contributed by atoms with Gasteiger partial charge in [-0.2, -0.15) is 0 Å². The average Bonchev–Trinajstić information content (AvgIpc) is 3.17. The first kappa shape index (κ1) is 26.8. The van der Waals surface area contributed by atoms with Gasteiger partial charge in [0.25, 0.3) is 11.7 Å². The van der Waals surface area contributed by atoms with Crippen molar-refractivity contribution in [3.05, 3.63) is 94.6 Å². The number of carbonyl (C=O) groups is 2. The van der Waals surface area contributed by atoms with Gasteiger partial charge in [-0.25, -0.2) is 0 Å². The lowest BCUT2D eigenvalue weighted by Gasteiger charge is -2.25. The number of ether oxygens (including phenoxy) is 3. The quantitative estimate of drug-likeness (QED) is 0.227. The van der Waals surface area contributed by atoms with E-state index in [0.717, 1.165) is 11.1 Å². The highest BCUT2D eigenvalue weighted by Crippen LogP contribution is 2.41. The third-order valence-corrected chi connectivity index (χ3v) is 6.46. The molecule has 0 saturated carbocycles. The van der Waals surface area contributed by atoms with Gasteiger partial charge in [0, 0.05) is 19.2 Å². The number of likely N-dealkylation sites (tertiary alicyclic amines) is 1. The second-order valence-electron chi connectivity index (χ2n) is 8.89. The maximum absolute atomic E-state index is 13.2. The fourth-order valence-corrected chi connectivity index (χ4v) is 4.42. The van der Waals surface area contributed by atoms with Gasteiger partial charge in [-0.1, -0.05) is 30.3 Å². The number of aromatic hydroxyl groups is 1. The van der Waals surface area contributed by atoms with E-state index >= 15 is 0 Å².